The summed E-state index contributed by atoms with van der Waals surface area (Å²) in [4.78, 5) is 18.3. The maximum absolute atomic E-state index is 12.4. The summed E-state index contributed by atoms with van der Waals surface area (Å²) in [5.41, 5.74) is 8.09. The second kappa shape index (κ2) is 6.69. The van der Waals surface area contributed by atoms with Crippen LogP contribution in [0, 0.1) is 6.92 Å². The first-order valence-electron chi connectivity index (χ1n) is 7.86. The van der Waals surface area contributed by atoms with E-state index in [1.165, 1.54) is 0 Å². The normalized spacial score (nSPS) is 15.4. The summed E-state index contributed by atoms with van der Waals surface area (Å²) < 4.78 is 6.07. The number of carbonyl (C=O) groups is 1. The van der Waals surface area contributed by atoms with Crippen LogP contribution in [0.15, 0.2) is 42.6 Å². The molecule has 0 saturated carbocycles. The van der Waals surface area contributed by atoms with Crippen LogP contribution in [0.25, 0.3) is 0 Å². The van der Waals surface area contributed by atoms with Crippen LogP contribution >= 0.6 is 0 Å². The van der Waals surface area contributed by atoms with Gasteiger partial charge in [-0.3, -0.25) is 9.78 Å². The number of aryl methyl sites for hydroxylation is 1. The summed E-state index contributed by atoms with van der Waals surface area (Å²) in [5, 5.41) is 0. The number of piperidine rings is 1. The van der Waals surface area contributed by atoms with Gasteiger partial charge in [0.2, 0.25) is 0 Å². The van der Waals surface area contributed by atoms with Gasteiger partial charge in [-0.15, -0.1) is 0 Å². The highest BCUT2D eigenvalue weighted by molar-refractivity contribution is 5.92. The van der Waals surface area contributed by atoms with Gasteiger partial charge in [0.15, 0.2) is 0 Å². The number of carbonyl (C=O) groups excluding carboxylic acids is 1. The molecule has 0 radical (unpaired) electrons. The number of nitrogens with two attached hydrogens (primary N) is 1. The minimum absolute atomic E-state index is 0.0100. The lowest BCUT2D eigenvalue weighted by atomic mass is 10.1. The maximum Gasteiger partial charge on any atom is 0.272 e. The summed E-state index contributed by atoms with van der Waals surface area (Å²) >= 11 is 0. The van der Waals surface area contributed by atoms with Gasteiger partial charge in [-0.25, -0.2) is 0 Å². The Morgan fingerprint density at radius 2 is 2.04 bits per heavy atom. The minimum atomic E-state index is -0.0100. The number of nitrogens with zero attached hydrogens (tertiary/aromatic N) is 2. The van der Waals surface area contributed by atoms with Crippen LogP contribution in [0.2, 0.25) is 0 Å². The molecule has 1 aliphatic heterocycles. The molecule has 1 aliphatic rings. The van der Waals surface area contributed by atoms with Crippen molar-refractivity contribution in [1.82, 2.24) is 9.88 Å². The van der Waals surface area contributed by atoms with Crippen molar-refractivity contribution in [3.05, 3.63) is 53.9 Å². The summed E-state index contributed by atoms with van der Waals surface area (Å²) in [6.07, 6.45) is 3.38. The number of rotatable bonds is 3. The largest absolute Gasteiger partial charge is 0.490 e. The molecule has 1 amide bonds. The molecule has 1 aromatic heterocycles. The molecule has 120 valence electrons. The molecule has 1 fully saturated rings. The molecule has 23 heavy (non-hydrogen) atoms. The Balaban J connectivity index is 1.58. The topological polar surface area (TPSA) is 68.5 Å². The summed E-state index contributed by atoms with van der Waals surface area (Å²) in [7, 11) is 0. The minimum Gasteiger partial charge on any atom is -0.490 e. The van der Waals surface area contributed by atoms with Crippen molar-refractivity contribution in [2.75, 3.05) is 18.8 Å². The zero-order valence-corrected chi connectivity index (χ0v) is 13.2. The van der Waals surface area contributed by atoms with Crippen molar-refractivity contribution in [2.45, 2.75) is 25.9 Å². The molecular weight excluding hydrogens is 290 g/mol. The molecule has 5 heteroatoms. The summed E-state index contributed by atoms with van der Waals surface area (Å²) in [5.74, 6) is 0.823. The quantitative estimate of drug-likeness (QED) is 0.885. The maximum atomic E-state index is 12.4. The molecule has 3 rings (SSSR count). The van der Waals surface area contributed by atoms with E-state index in [1.54, 1.807) is 12.3 Å². The molecule has 0 bridgehead atoms. The van der Waals surface area contributed by atoms with Crippen LogP contribution in [0.1, 0.15) is 28.9 Å². The molecule has 0 spiro atoms. The highest BCUT2D eigenvalue weighted by Crippen LogP contribution is 2.25. The van der Waals surface area contributed by atoms with Crippen molar-refractivity contribution in [1.29, 1.82) is 0 Å². The first-order chi connectivity index (χ1) is 11.1. The number of anilines is 1. The van der Waals surface area contributed by atoms with Crippen LogP contribution in [-0.4, -0.2) is 35.0 Å². The van der Waals surface area contributed by atoms with Crippen LogP contribution in [0.4, 0.5) is 5.69 Å². The molecule has 2 N–H and O–H groups in total. The van der Waals surface area contributed by atoms with Gasteiger partial charge >= 0.3 is 0 Å². The van der Waals surface area contributed by atoms with Gasteiger partial charge in [-0.05, 0) is 30.7 Å². The second-order valence-electron chi connectivity index (χ2n) is 5.85. The van der Waals surface area contributed by atoms with Gasteiger partial charge in [-0.2, -0.15) is 0 Å². The number of pyridine rings is 1. The monoisotopic (exact) mass is 311 g/mol. The van der Waals surface area contributed by atoms with E-state index in [9.17, 15) is 4.79 Å². The lowest BCUT2D eigenvalue weighted by Crippen LogP contribution is -2.42. The predicted octanol–water partition coefficient (Wildman–Crippen LogP) is 2.66. The molecule has 0 aliphatic carbocycles. The van der Waals surface area contributed by atoms with Gasteiger partial charge < -0.3 is 15.4 Å². The SMILES string of the molecule is Cc1ccc(N)cc1OC1CCN(C(=O)c2ccccn2)CC1. The number of hydrogen-bond donors (Lipinski definition) is 1. The smallest absolute Gasteiger partial charge is 0.272 e. The molecule has 1 saturated heterocycles. The van der Waals surface area contributed by atoms with E-state index in [2.05, 4.69) is 4.98 Å². The van der Waals surface area contributed by atoms with Crippen molar-refractivity contribution in [3.63, 3.8) is 0 Å². The number of benzene rings is 1. The van der Waals surface area contributed by atoms with E-state index in [-0.39, 0.29) is 12.0 Å². The Hall–Kier alpha value is -2.56. The van der Waals surface area contributed by atoms with E-state index in [1.807, 2.05) is 42.2 Å². The van der Waals surface area contributed by atoms with Crippen molar-refractivity contribution >= 4 is 11.6 Å². The van der Waals surface area contributed by atoms with Gasteiger partial charge in [0.05, 0.1) is 0 Å². The number of ether oxygens (including phenoxy) is 1. The van der Waals surface area contributed by atoms with E-state index in [0.29, 0.717) is 24.5 Å². The van der Waals surface area contributed by atoms with Gasteiger partial charge in [0.1, 0.15) is 17.5 Å². The first-order valence-corrected chi connectivity index (χ1v) is 7.86. The molecule has 2 heterocycles. The Bertz CT molecular complexity index is 680. The molecule has 0 unspecified atom stereocenters. The van der Waals surface area contributed by atoms with Crippen molar-refractivity contribution in [2.24, 2.45) is 0 Å². The fraction of sp³-hybridized carbons (Fsp3) is 0.333. The number of likely N-dealkylation sites (tertiary alicyclic amines) is 1. The molecule has 1 aromatic carbocycles. The number of amides is 1. The fourth-order valence-corrected chi connectivity index (χ4v) is 2.75. The lowest BCUT2D eigenvalue weighted by Gasteiger charge is -2.32. The van der Waals surface area contributed by atoms with Gasteiger partial charge in [-0.1, -0.05) is 12.1 Å². The zero-order valence-electron chi connectivity index (χ0n) is 13.2. The molecular formula is C18H21N3O2. The van der Waals surface area contributed by atoms with Crippen LogP contribution < -0.4 is 10.5 Å². The Morgan fingerprint density at radius 1 is 1.26 bits per heavy atom. The standard InChI is InChI=1S/C18H21N3O2/c1-13-5-6-14(19)12-17(13)23-15-7-10-21(11-8-15)18(22)16-4-2-3-9-20-16/h2-6,9,12,15H,7-8,10-11,19H2,1H3. The van der Waals surface area contributed by atoms with Gasteiger partial charge in [0, 0.05) is 43.9 Å². The average molecular weight is 311 g/mol. The Kier molecular flexibility index (Phi) is 4.46. The zero-order chi connectivity index (χ0) is 16.2. The van der Waals surface area contributed by atoms with Crippen LogP contribution in [-0.2, 0) is 0 Å². The third kappa shape index (κ3) is 3.62. The van der Waals surface area contributed by atoms with E-state index in [4.69, 9.17) is 10.5 Å². The van der Waals surface area contributed by atoms with E-state index >= 15 is 0 Å². The average Bonchev–Trinajstić information content (AvgIpc) is 2.59. The number of nitrogen functional groups attached to an aromatic ring is 1. The lowest BCUT2D eigenvalue weighted by molar-refractivity contribution is 0.0589. The number of hydrogen-bond acceptors (Lipinski definition) is 4. The Labute approximate surface area is 136 Å². The first kappa shape index (κ1) is 15.3. The van der Waals surface area contributed by atoms with E-state index in [0.717, 1.165) is 24.2 Å². The van der Waals surface area contributed by atoms with Crippen LogP contribution in [0.5, 0.6) is 5.75 Å². The number of aromatic nitrogens is 1. The van der Waals surface area contributed by atoms with E-state index < -0.39 is 0 Å². The van der Waals surface area contributed by atoms with Gasteiger partial charge in [0.25, 0.3) is 5.91 Å². The molecule has 5 nitrogen and oxygen atoms in total. The highest BCUT2D eigenvalue weighted by Gasteiger charge is 2.25. The third-order valence-electron chi connectivity index (χ3n) is 4.12. The fourth-order valence-electron chi connectivity index (χ4n) is 2.75. The van der Waals surface area contributed by atoms with Crippen molar-refractivity contribution in [3.8, 4) is 5.75 Å². The predicted molar refractivity (Wildman–Crippen MR) is 89.4 cm³/mol. The summed E-state index contributed by atoms with van der Waals surface area (Å²) in [6.45, 7) is 3.37. The van der Waals surface area contributed by atoms with Crippen LogP contribution in [0.3, 0.4) is 0 Å². The summed E-state index contributed by atoms with van der Waals surface area (Å²) in [6, 6.07) is 11.1. The Morgan fingerprint density at radius 3 is 2.74 bits per heavy atom. The highest BCUT2D eigenvalue weighted by atomic mass is 16.5. The third-order valence-corrected chi connectivity index (χ3v) is 4.12. The molecule has 0 atom stereocenters. The van der Waals surface area contributed by atoms with Crippen molar-refractivity contribution < 1.29 is 9.53 Å². The molecule has 2 aromatic rings. The second-order valence-corrected chi connectivity index (χ2v) is 5.85.